The summed E-state index contributed by atoms with van der Waals surface area (Å²) in [6.45, 7) is 2.12. The van der Waals surface area contributed by atoms with Gasteiger partial charge in [-0.15, -0.1) is 0 Å². The molecule has 0 aliphatic heterocycles. The minimum absolute atomic E-state index is 0.107. The van der Waals surface area contributed by atoms with E-state index in [0.717, 1.165) is 5.56 Å². The number of carbonyl (C=O) groups is 2. The Hall–Kier alpha value is -2.08. The van der Waals surface area contributed by atoms with Crippen LogP contribution in [0.4, 0.5) is 10.5 Å². The van der Waals surface area contributed by atoms with E-state index in [0.29, 0.717) is 12.2 Å². The average molecular weight is 250 g/mol. The molecule has 1 unspecified atom stereocenters. The van der Waals surface area contributed by atoms with Gasteiger partial charge in [0.05, 0.1) is 0 Å². The van der Waals surface area contributed by atoms with Crippen LogP contribution in [0.1, 0.15) is 18.9 Å². The lowest BCUT2D eigenvalue weighted by molar-refractivity contribution is -0.118. The van der Waals surface area contributed by atoms with Crippen molar-refractivity contribution in [1.82, 2.24) is 5.32 Å². The molecule has 6 N–H and O–H groups in total. The number of amides is 3. The van der Waals surface area contributed by atoms with Gasteiger partial charge < -0.3 is 22.1 Å². The highest BCUT2D eigenvalue weighted by Crippen LogP contribution is 2.09. The topological polar surface area (TPSA) is 110 Å². The lowest BCUT2D eigenvalue weighted by Gasteiger charge is -2.13. The van der Waals surface area contributed by atoms with E-state index >= 15 is 0 Å². The normalized spacial score (nSPS) is 11.7. The summed E-state index contributed by atoms with van der Waals surface area (Å²) in [7, 11) is 0. The first-order valence-corrected chi connectivity index (χ1v) is 5.66. The lowest BCUT2D eigenvalue weighted by Crippen LogP contribution is -2.38. The fraction of sp³-hybridized carbons (Fsp3) is 0.333. The van der Waals surface area contributed by atoms with Crippen LogP contribution in [-0.2, 0) is 11.3 Å². The van der Waals surface area contributed by atoms with E-state index < -0.39 is 5.91 Å². The van der Waals surface area contributed by atoms with Gasteiger partial charge in [0.25, 0.3) is 0 Å². The molecule has 0 spiro atoms. The molecular weight excluding hydrogens is 232 g/mol. The second-order valence-corrected chi connectivity index (χ2v) is 4.07. The van der Waals surface area contributed by atoms with Crippen molar-refractivity contribution in [3.05, 3.63) is 29.8 Å². The van der Waals surface area contributed by atoms with Crippen LogP contribution in [0.3, 0.4) is 0 Å². The van der Waals surface area contributed by atoms with Crippen molar-refractivity contribution >= 4 is 17.6 Å². The highest BCUT2D eigenvalue weighted by Gasteiger charge is 2.09. The molecule has 0 saturated carbocycles. The number of anilines is 1. The van der Waals surface area contributed by atoms with Crippen LogP contribution in [0.25, 0.3) is 0 Å². The minimum atomic E-state index is -0.451. The van der Waals surface area contributed by atoms with Crippen molar-refractivity contribution in [2.24, 2.45) is 11.5 Å². The van der Waals surface area contributed by atoms with Crippen LogP contribution in [0, 0.1) is 0 Å². The quantitative estimate of drug-likeness (QED) is 0.611. The van der Waals surface area contributed by atoms with Gasteiger partial charge in [-0.2, -0.15) is 0 Å². The summed E-state index contributed by atoms with van der Waals surface area (Å²) < 4.78 is 0. The van der Waals surface area contributed by atoms with Crippen molar-refractivity contribution in [1.29, 1.82) is 0 Å². The Labute approximate surface area is 106 Å². The number of benzene rings is 1. The SMILES string of the molecule is CC(CC(N)=O)NC(=O)Nc1cccc(CN)c1. The lowest BCUT2D eigenvalue weighted by atomic mass is 10.2. The van der Waals surface area contributed by atoms with Crippen molar-refractivity contribution in [2.45, 2.75) is 25.9 Å². The zero-order valence-corrected chi connectivity index (χ0v) is 10.3. The molecule has 0 radical (unpaired) electrons. The van der Waals surface area contributed by atoms with Crippen LogP contribution >= 0.6 is 0 Å². The summed E-state index contributed by atoms with van der Waals surface area (Å²) in [6, 6.07) is 6.55. The third-order valence-electron chi connectivity index (χ3n) is 2.31. The molecule has 3 amide bonds. The fourth-order valence-electron chi connectivity index (χ4n) is 1.52. The Morgan fingerprint density at radius 3 is 2.72 bits per heavy atom. The second-order valence-electron chi connectivity index (χ2n) is 4.07. The largest absolute Gasteiger partial charge is 0.370 e. The summed E-state index contributed by atoms with van der Waals surface area (Å²) in [5.41, 5.74) is 12.1. The first-order valence-electron chi connectivity index (χ1n) is 5.66. The highest BCUT2D eigenvalue weighted by atomic mass is 16.2. The van der Waals surface area contributed by atoms with E-state index in [9.17, 15) is 9.59 Å². The number of nitrogens with one attached hydrogen (secondary N) is 2. The fourth-order valence-corrected chi connectivity index (χ4v) is 1.52. The molecule has 0 aromatic heterocycles. The smallest absolute Gasteiger partial charge is 0.319 e. The van der Waals surface area contributed by atoms with Gasteiger partial charge in [0.1, 0.15) is 0 Å². The molecule has 0 fully saturated rings. The maximum Gasteiger partial charge on any atom is 0.319 e. The number of nitrogens with two attached hydrogens (primary N) is 2. The molecule has 1 aromatic rings. The standard InChI is InChI=1S/C12H18N4O2/c1-8(5-11(14)17)15-12(18)16-10-4-2-3-9(6-10)7-13/h2-4,6,8H,5,7,13H2,1H3,(H2,14,17)(H2,15,16,18). The van der Waals surface area contributed by atoms with Gasteiger partial charge in [-0.25, -0.2) is 4.79 Å². The van der Waals surface area contributed by atoms with E-state index in [2.05, 4.69) is 10.6 Å². The Kier molecular flexibility index (Phi) is 5.13. The maximum absolute atomic E-state index is 11.6. The Balaban J connectivity index is 2.51. The van der Waals surface area contributed by atoms with Crippen LogP contribution in [0.2, 0.25) is 0 Å². The average Bonchev–Trinajstić information content (AvgIpc) is 2.27. The van der Waals surface area contributed by atoms with Crippen molar-refractivity contribution in [3.8, 4) is 0 Å². The van der Waals surface area contributed by atoms with E-state index in [1.807, 2.05) is 12.1 Å². The van der Waals surface area contributed by atoms with Crippen molar-refractivity contribution < 1.29 is 9.59 Å². The minimum Gasteiger partial charge on any atom is -0.370 e. The van der Waals surface area contributed by atoms with E-state index in [4.69, 9.17) is 11.5 Å². The third-order valence-corrected chi connectivity index (χ3v) is 2.31. The Morgan fingerprint density at radius 1 is 1.39 bits per heavy atom. The summed E-state index contributed by atoms with van der Waals surface area (Å²) in [6.07, 6.45) is 0.107. The molecule has 0 heterocycles. The molecule has 0 aliphatic carbocycles. The summed E-state index contributed by atoms with van der Waals surface area (Å²) in [5.74, 6) is -0.451. The molecule has 0 aliphatic rings. The first kappa shape index (κ1) is 14.0. The predicted octanol–water partition coefficient (Wildman–Crippen LogP) is 0.531. The predicted molar refractivity (Wildman–Crippen MR) is 69.8 cm³/mol. The second kappa shape index (κ2) is 6.61. The van der Waals surface area contributed by atoms with Crippen LogP contribution in [0.15, 0.2) is 24.3 Å². The van der Waals surface area contributed by atoms with E-state index in [1.54, 1.807) is 19.1 Å². The Bertz CT molecular complexity index is 434. The molecule has 6 nitrogen and oxygen atoms in total. The van der Waals surface area contributed by atoms with E-state index in [1.165, 1.54) is 0 Å². The number of primary amides is 1. The van der Waals surface area contributed by atoms with Gasteiger partial charge in [0.15, 0.2) is 0 Å². The van der Waals surface area contributed by atoms with Gasteiger partial charge >= 0.3 is 6.03 Å². The van der Waals surface area contributed by atoms with Gasteiger partial charge in [0.2, 0.25) is 5.91 Å². The van der Waals surface area contributed by atoms with Gasteiger partial charge in [-0.1, -0.05) is 12.1 Å². The third kappa shape index (κ3) is 4.84. The summed E-state index contributed by atoms with van der Waals surface area (Å²) >= 11 is 0. The molecule has 18 heavy (non-hydrogen) atoms. The van der Waals surface area contributed by atoms with Gasteiger partial charge in [-0.3, -0.25) is 4.79 Å². The maximum atomic E-state index is 11.6. The number of hydrogen-bond donors (Lipinski definition) is 4. The van der Waals surface area contributed by atoms with Crippen LogP contribution in [-0.4, -0.2) is 18.0 Å². The highest BCUT2D eigenvalue weighted by molar-refractivity contribution is 5.89. The molecule has 6 heteroatoms. The van der Waals surface area contributed by atoms with Crippen molar-refractivity contribution in [2.75, 3.05) is 5.32 Å². The molecule has 1 aromatic carbocycles. The van der Waals surface area contributed by atoms with E-state index in [-0.39, 0.29) is 18.5 Å². The van der Waals surface area contributed by atoms with Crippen molar-refractivity contribution in [3.63, 3.8) is 0 Å². The molecule has 0 saturated heterocycles. The van der Waals surface area contributed by atoms with Crippen LogP contribution in [0.5, 0.6) is 0 Å². The molecule has 1 rings (SSSR count). The molecule has 0 bridgehead atoms. The van der Waals surface area contributed by atoms with Gasteiger partial charge in [0, 0.05) is 24.7 Å². The number of rotatable bonds is 5. The molecular formula is C12H18N4O2. The molecule has 1 atom stereocenters. The van der Waals surface area contributed by atoms with Gasteiger partial charge in [-0.05, 0) is 24.6 Å². The molecule has 98 valence electrons. The first-order chi connectivity index (χ1) is 8.51. The zero-order chi connectivity index (χ0) is 13.5. The number of urea groups is 1. The Morgan fingerprint density at radius 2 is 2.11 bits per heavy atom. The number of hydrogen-bond acceptors (Lipinski definition) is 3. The monoisotopic (exact) mass is 250 g/mol. The summed E-state index contributed by atoms with van der Waals surface area (Å²) in [5, 5.41) is 5.28. The summed E-state index contributed by atoms with van der Waals surface area (Å²) in [4.78, 5) is 22.3. The van der Waals surface area contributed by atoms with Crippen LogP contribution < -0.4 is 22.1 Å². The zero-order valence-electron chi connectivity index (χ0n) is 10.3. The number of carbonyl (C=O) groups excluding carboxylic acids is 2.